The number of ketones is 1. The predicted molar refractivity (Wildman–Crippen MR) is 96.1 cm³/mol. The van der Waals surface area contributed by atoms with Gasteiger partial charge in [-0.2, -0.15) is 0 Å². The first-order chi connectivity index (χ1) is 11.8. The molecule has 0 bridgehead atoms. The Hall–Kier alpha value is -1.72. The largest absolute Gasteiger partial charge is 0.460 e. The van der Waals surface area contributed by atoms with Gasteiger partial charge < -0.3 is 9.47 Å². The Morgan fingerprint density at radius 1 is 1.12 bits per heavy atom. The Labute approximate surface area is 150 Å². The van der Waals surface area contributed by atoms with Crippen molar-refractivity contribution < 1.29 is 19.1 Å². The summed E-state index contributed by atoms with van der Waals surface area (Å²) < 4.78 is 10.9. The molecule has 0 radical (unpaired) electrons. The summed E-state index contributed by atoms with van der Waals surface area (Å²) in [5.74, 6) is -0.00939. The molecule has 0 spiro atoms. The van der Waals surface area contributed by atoms with E-state index < -0.39 is 0 Å². The molecule has 2 rings (SSSR count). The standard InChI is InChI=1S/C20H29NO4/c1-20(2,3)25-15-18(22)17-9-11-21(12-10-17)13-19(23)24-14-16-7-5-4-6-8-16/h4-8,17H,9-15H2,1-3H3. The Morgan fingerprint density at radius 3 is 2.36 bits per heavy atom. The van der Waals surface area contributed by atoms with Crippen molar-refractivity contribution in [2.45, 2.75) is 45.8 Å². The summed E-state index contributed by atoms with van der Waals surface area (Å²) in [5, 5.41) is 0. The number of esters is 1. The van der Waals surface area contributed by atoms with Crippen molar-refractivity contribution in [1.82, 2.24) is 4.90 Å². The summed E-state index contributed by atoms with van der Waals surface area (Å²) in [6.07, 6.45) is 1.55. The average molecular weight is 347 g/mol. The smallest absolute Gasteiger partial charge is 0.320 e. The highest BCUT2D eigenvalue weighted by Crippen LogP contribution is 2.19. The van der Waals surface area contributed by atoms with E-state index in [2.05, 4.69) is 4.90 Å². The van der Waals surface area contributed by atoms with Crippen LogP contribution in [0.2, 0.25) is 0 Å². The van der Waals surface area contributed by atoms with Gasteiger partial charge in [-0.05, 0) is 52.3 Å². The lowest BCUT2D eigenvalue weighted by molar-refractivity contribution is -0.146. The summed E-state index contributed by atoms with van der Waals surface area (Å²) in [6.45, 7) is 8.09. The zero-order valence-corrected chi connectivity index (χ0v) is 15.5. The quantitative estimate of drug-likeness (QED) is 0.710. The number of benzene rings is 1. The Bertz CT molecular complexity index is 557. The van der Waals surface area contributed by atoms with Crippen molar-refractivity contribution in [2.75, 3.05) is 26.2 Å². The molecule has 1 aromatic rings. The zero-order chi connectivity index (χ0) is 18.3. The molecule has 5 heteroatoms. The molecule has 0 amide bonds. The van der Waals surface area contributed by atoms with Crippen molar-refractivity contribution >= 4 is 11.8 Å². The third-order valence-corrected chi connectivity index (χ3v) is 4.29. The molecule has 1 fully saturated rings. The van der Waals surface area contributed by atoms with Gasteiger partial charge in [0.05, 0.1) is 12.1 Å². The minimum absolute atomic E-state index is 0.0407. The monoisotopic (exact) mass is 347 g/mol. The van der Waals surface area contributed by atoms with E-state index in [0.29, 0.717) is 6.61 Å². The molecule has 5 nitrogen and oxygen atoms in total. The fourth-order valence-electron chi connectivity index (χ4n) is 2.78. The minimum atomic E-state index is -0.293. The first kappa shape index (κ1) is 19.6. The first-order valence-electron chi connectivity index (χ1n) is 8.92. The topological polar surface area (TPSA) is 55.8 Å². The lowest BCUT2D eigenvalue weighted by atomic mass is 9.93. The van der Waals surface area contributed by atoms with Gasteiger partial charge in [-0.3, -0.25) is 14.5 Å². The van der Waals surface area contributed by atoms with Crippen molar-refractivity contribution in [3.8, 4) is 0 Å². The Kier molecular flexibility index (Phi) is 7.14. The van der Waals surface area contributed by atoms with Crippen LogP contribution in [-0.2, 0) is 25.7 Å². The summed E-state index contributed by atoms with van der Waals surface area (Å²) >= 11 is 0. The van der Waals surface area contributed by atoms with Crippen LogP contribution in [0.3, 0.4) is 0 Å². The number of likely N-dealkylation sites (tertiary alicyclic amines) is 1. The summed E-state index contributed by atoms with van der Waals surface area (Å²) in [7, 11) is 0. The van der Waals surface area contributed by atoms with E-state index in [1.54, 1.807) is 0 Å². The third kappa shape index (κ3) is 7.36. The second-order valence-electron chi connectivity index (χ2n) is 7.56. The summed E-state index contributed by atoms with van der Waals surface area (Å²) in [5.41, 5.74) is 0.692. The van der Waals surface area contributed by atoms with Crippen LogP contribution in [0.15, 0.2) is 30.3 Å². The van der Waals surface area contributed by atoms with Crippen LogP contribution >= 0.6 is 0 Å². The summed E-state index contributed by atoms with van der Waals surface area (Å²) in [6, 6.07) is 9.65. The normalized spacial score (nSPS) is 16.6. The van der Waals surface area contributed by atoms with Crippen LogP contribution in [-0.4, -0.2) is 48.5 Å². The van der Waals surface area contributed by atoms with Gasteiger partial charge in [-0.25, -0.2) is 0 Å². The molecule has 0 saturated carbocycles. The van der Waals surface area contributed by atoms with Crippen molar-refractivity contribution in [1.29, 1.82) is 0 Å². The highest BCUT2D eigenvalue weighted by molar-refractivity contribution is 5.82. The highest BCUT2D eigenvalue weighted by atomic mass is 16.5. The molecule has 1 aliphatic rings. The third-order valence-electron chi connectivity index (χ3n) is 4.29. The number of hydrogen-bond donors (Lipinski definition) is 0. The predicted octanol–water partition coefficient (Wildman–Crippen LogP) is 2.83. The second-order valence-corrected chi connectivity index (χ2v) is 7.56. The maximum absolute atomic E-state index is 12.2. The molecule has 0 aromatic heterocycles. The molecule has 25 heavy (non-hydrogen) atoms. The summed E-state index contributed by atoms with van der Waals surface area (Å²) in [4.78, 5) is 26.2. The number of Topliss-reactive ketones (excluding diaryl/α,β-unsaturated/α-hetero) is 1. The number of nitrogens with zero attached hydrogens (tertiary/aromatic N) is 1. The molecule has 0 atom stereocenters. The van der Waals surface area contributed by atoms with E-state index >= 15 is 0 Å². The van der Waals surface area contributed by atoms with Gasteiger partial charge in [-0.15, -0.1) is 0 Å². The van der Waals surface area contributed by atoms with Crippen LogP contribution in [0.5, 0.6) is 0 Å². The second kappa shape index (κ2) is 9.11. The lowest BCUT2D eigenvalue weighted by Crippen LogP contribution is -2.40. The molecule has 1 aliphatic heterocycles. The number of carbonyl (C=O) groups is 2. The van der Waals surface area contributed by atoms with Gasteiger partial charge in [0.25, 0.3) is 0 Å². The molecular formula is C20H29NO4. The number of ether oxygens (including phenoxy) is 2. The van der Waals surface area contributed by atoms with Gasteiger partial charge in [0, 0.05) is 5.92 Å². The molecule has 0 aliphatic carbocycles. The minimum Gasteiger partial charge on any atom is -0.460 e. The molecule has 138 valence electrons. The van der Waals surface area contributed by atoms with Gasteiger partial charge in [0.2, 0.25) is 0 Å². The van der Waals surface area contributed by atoms with Crippen LogP contribution in [0.4, 0.5) is 0 Å². The molecular weight excluding hydrogens is 318 g/mol. The van der Waals surface area contributed by atoms with Crippen LogP contribution in [0, 0.1) is 5.92 Å². The maximum atomic E-state index is 12.2. The highest BCUT2D eigenvalue weighted by Gasteiger charge is 2.27. The van der Waals surface area contributed by atoms with E-state index in [1.165, 1.54) is 0 Å². The van der Waals surface area contributed by atoms with Gasteiger partial charge in [0.1, 0.15) is 13.2 Å². The Morgan fingerprint density at radius 2 is 1.76 bits per heavy atom. The van der Waals surface area contributed by atoms with Gasteiger partial charge in [-0.1, -0.05) is 30.3 Å². The molecule has 1 aromatic carbocycles. The van der Waals surface area contributed by atoms with Gasteiger partial charge in [0.15, 0.2) is 5.78 Å². The van der Waals surface area contributed by atoms with E-state index in [-0.39, 0.29) is 36.4 Å². The Balaban J connectivity index is 1.66. The van der Waals surface area contributed by atoms with Crippen molar-refractivity contribution in [2.24, 2.45) is 5.92 Å². The average Bonchev–Trinajstić information content (AvgIpc) is 2.59. The van der Waals surface area contributed by atoms with E-state index in [1.807, 2.05) is 51.1 Å². The number of carbonyl (C=O) groups excluding carboxylic acids is 2. The SMILES string of the molecule is CC(C)(C)OCC(=O)C1CCN(CC(=O)OCc2ccccc2)CC1. The van der Waals surface area contributed by atoms with E-state index in [0.717, 1.165) is 31.5 Å². The van der Waals surface area contributed by atoms with Crippen LogP contribution in [0.25, 0.3) is 0 Å². The lowest BCUT2D eigenvalue weighted by Gasteiger charge is -2.31. The van der Waals surface area contributed by atoms with E-state index in [4.69, 9.17) is 9.47 Å². The fraction of sp³-hybridized carbons (Fsp3) is 0.600. The number of rotatable bonds is 7. The van der Waals surface area contributed by atoms with E-state index in [9.17, 15) is 9.59 Å². The first-order valence-corrected chi connectivity index (χ1v) is 8.92. The van der Waals surface area contributed by atoms with Crippen LogP contribution in [0.1, 0.15) is 39.2 Å². The van der Waals surface area contributed by atoms with Gasteiger partial charge >= 0.3 is 5.97 Å². The maximum Gasteiger partial charge on any atom is 0.320 e. The number of hydrogen-bond acceptors (Lipinski definition) is 5. The number of piperidine rings is 1. The zero-order valence-electron chi connectivity index (χ0n) is 15.5. The fourth-order valence-corrected chi connectivity index (χ4v) is 2.78. The molecule has 1 saturated heterocycles. The molecule has 1 heterocycles. The molecule has 0 N–H and O–H groups in total. The van der Waals surface area contributed by atoms with Crippen molar-refractivity contribution in [3.05, 3.63) is 35.9 Å². The molecule has 0 unspecified atom stereocenters. The van der Waals surface area contributed by atoms with Crippen LogP contribution < -0.4 is 0 Å². The van der Waals surface area contributed by atoms with Crippen molar-refractivity contribution in [3.63, 3.8) is 0 Å².